The Labute approximate surface area is 151 Å². The molecular weight excluding hydrogens is 335 g/mol. The van der Waals surface area contributed by atoms with Gasteiger partial charge in [-0.1, -0.05) is 36.9 Å². The number of ether oxygens (including phenoxy) is 1. The molecule has 0 aromatic heterocycles. The van der Waals surface area contributed by atoms with Crippen molar-refractivity contribution in [3.05, 3.63) is 72.1 Å². The lowest BCUT2D eigenvalue weighted by Gasteiger charge is -2.17. The molecule has 2 amide bonds. The molecule has 6 heteroatoms. The number of amides is 2. The van der Waals surface area contributed by atoms with E-state index in [-0.39, 0.29) is 30.7 Å². The van der Waals surface area contributed by atoms with Gasteiger partial charge < -0.3 is 10.1 Å². The van der Waals surface area contributed by atoms with Crippen LogP contribution in [0.2, 0.25) is 0 Å². The van der Waals surface area contributed by atoms with Crippen molar-refractivity contribution < 1.29 is 18.7 Å². The van der Waals surface area contributed by atoms with Gasteiger partial charge in [0, 0.05) is 23.4 Å². The molecule has 0 bridgehead atoms. The second-order valence-corrected chi connectivity index (χ2v) is 5.87. The highest BCUT2D eigenvalue weighted by atomic mass is 19.1. The van der Waals surface area contributed by atoms with Crippen molar-refractivity contribution in [2.24, 2.45) is 0 Å². The standard InChI is InChI=1S/C20H19FN2O3/c1-14-15-7-2-3-8-16(15)20(25)23(14)13-19(24)22-11-6-12-26-18-10-5-4-9-17(18)21/h2-5,7-10H,1,6,11-13H2,(H,22,24). The van der Waals surface area contributed by atoms with Crippen molar-refractivity contribution in [3.8, 4) is 5.75 Å². The van der Waals surface area contributed by atoms with Crippen LogP contribution in [0.3, 0.4) is 0 Å². The second-order valence-electron chi connectivity index (χ2n) is 5.87. The molecule has 1 aliphatic rings. The summed E-state index contributed by atoms with van der Waals surface area (Å²) in [6.07, 6.45) is 0.523. The average molecular weight is 354 g/mol. The summed E-state index contributed by atoms with van der Waals surface area (Å²) < 4.78 is 18.7. The first kappa shape index (κ1) is 17.7. The Morgan fingerprint density at radius 2 is 1.81 bits per heavy atom. The van der Waals surface area contributed by atoms with Crippen LogP contribution in [0.15, 0.2) is 55.1 Å². The van der Waals surface area contributed by atoms with Crippen LogP contribution < -0.4 is 10.1 Å². The van der Waals surface area contributed by atoms with Crippen LogP contribution >= 0.6 is 0 Å². The predicted molar refractivity (Wildman–Crippen MR) is 96.0 cm³/mol. The number of nitrogens with zero attached hydrogens (tertiary/aromatic N) is 1. The highest BCUT2D eigenvalue weighted by molar-refractivity contribution is 6.10. The zero-order valence-corrected chi connectivity index (χ0v) is 14.2. The molecule has 0 aliphatic carbocycles. The van der Waals surface area contributed by atoms with Crippen molar-refractivity contribution >= 4 is 17.5 Å². The van der Waals surface area contributed by atoms with Crippen LogP contribution in [0.5, 0.6) is 5.75 Å². The lowest BCUT2D eigenvalue weighted by molar-refractivity contribution is -0.121. The lowest BCUT2D eigenvalue weighted by Crippen LogP contribution is -2.37. The maximum Gasteiger partial charge on any atom is 0.259 e. The van der Waals surface area contributed by atoms with E-state index in [0.29, 0.717) is 24.2 Å². The van der Waals surface area contributed by atoms with Gasteiger partial charge in [-0.25, -0.2) is 4.39 Å². The summed E-state index contributed by atoms with van der Waals surface area (Å²) in [7, 11) is 0. The van der Waals surface area contributed by atoms with Crippen LogP contribution in [-0.4, -0.2) is 36.4 Å². The van der Waals surface area contributed by atoms with Crippen LogP contribution in [0.1, 0.15) is 22.3 Å². The van der Waals surface area contributed by atoms with Gasteiger partial charge in [-0.3, -0.25) is 14.5 Å². The fraction of sp³-hybridized carbons (Fsp3) is 0.200. The van der Waals surface area contributed by atoms with Gasteiger partial charge in [-0.2, -0.15) is 0 Å². The van der Waals surface area contributed by atoms with Gasteiger partial charge in [0.1, 0.15) is 6.54 Å². The average Bonchev–Trinajstić information content (AvgIpc) is 2.88. The van der Waals surface area contributed by atoms with Crippen LogP contribution in [-0.2, 0) is 4.79 Å². The molecule has 2 aromatic carbocycles. The number of fused-ring (bicyclic) bond motifs is 1. The first-order chi connectivity index (χ1) is 12.6. The molecule has 2 aromatic rings. The van der Waals surface area contributed by atoms with Crippen LogP contribution in [0.4, 0.5) is 4.39 Å². The first-order valence-corrected chi connectivity index (χ1v) is 8.32. The Kier molecular flexibility index (Phi) is 5.31. The molecule has 0 spiro atoms. The van der Waals surface area contributed by atoms with E-state index in [2.05, 4.69) is 11.9 Å². The quantitative estimate of drug-likeness (QED) is 0.778. The molecule has 134 valence electrons. The van der Waals surface area contributed by atoms with Gasteiger partial charge in [-0.05, 0) is 24.6 Å². The molecule has 26 heavy (non-hydrogen) atoms. The first-order valence-electron chi connectivity index (χ1n) is 8.32. The molecular formula is C20H19FN2O3. The fourth-order valence-corrected chi connectivity index (χ4v) is 2.75. The summed E-state index contributed by atoms with van der Waals surface area (Å²) in [5.41, 5.74) is 1.84. The Bertz CT molecular complexity index is 815. The number of benzene rings is 2. The fourth-order valence-electron chi connectivity index (χ4n) is 2.75. The van der Waals surface area contributed by atoms with E-state index in [1.54, 1.807) is 30.3 Å². The van der Waals surface area contributed by atoms with E-state index in [9.17, 15) is 14.0 Å². The molecule has 0 saturated heterocycles. The minimum Gasteiger partial charge on any atom is -0.490 e. The molecule has 3 rings (SSSR count). The Balaban J connectivity index is 1.42. The maximum absolute atomic E-state index is 13.4. The molecule has 0 atom stereocenters. The molecule has 0 radical (unpaired) electrons. The van der Waals surface area contributed by atoms with Crippen molar-refractivity contribution in [1.29, 1.82) is 0 Å². The summed E-state index contributed by atoms with van der Waals surface area (Å²) in [4.78, 5) is 25.8. The summed E-state index contributed by atoms with van der Waals surface area (Å²) in [5, 5.41) is 2.73. The van der Waals surface area contributed by atoms with Gasteiger partial charge in [0.25, 0.3) is 5.91 Å². The number of nitrogens with one attached hydrogen (secondary N) is 1. The van der Waals surface area contributed by atoms with E-state index < -0.39 is 5.82 Å². The van der Waals surface area contributed by atoms with E-state index in [0.717, 1.165) is 5.56 Å². The van der Waals surface area contributed by atoms with Crippen molar-refractivity contribution in [2.45, 2.75) is 6.42 Å². The monoisotopic (exact) mass is 354 g/mol. The van der Waals surface area contributed by atoms with E-state index in [1.807, 2.05) is 12.1 Å². The van der Waals surface area contributed by atoms with Crippen LogP contribution in [0.25, 0.3) is 5.70 Å². The molecule has 0 fully saturated rings. The number of hydrogen-bond acceptors (Lipinski definition) is 3. The zero-order valence-electron chi connectivity index (χ0n) is 14.2. The molecule has 0 saturated carbocycles. The molecule has 1 aliphatic heterocycles. The largest absolute Gasteiger partial charge is 0.490 e. The van der Waals surface area contributed by atoms with Crippen molar-refractivity contribution in [3.63, 3.8) is 0 Å². The highest BCUT2D eigenvalue weighted by Crippen LogP contribution is 2.30. The number of hydrogen-bond donors (Lipinski definition) is 1. The molecule has 0 unspecified atom stereocenters. The minimum atomic E-state index is -0.415. The third-order valence-electron chi connectivity index (χ3n) is 4.08. The minimum absolute atomic E-state index is 0.0828. The van der Waals surface area contributed by atoms with E-state index in [4.69, 9.17) is 4.74 Å². The third kappa shape index (κ3) is 3.74. The normalized spacial score (nSPS) is 12.9. The maximum atomic E-state index is 13.4. The van der Waals surface area contributed by atoms with Crippen LogP contribution in [0, 0.1) is 5.82 Å². The Morgan fingerprint density at radius 1 is 1.12 bits per heavy atom. The third-order valence-corrected chi connectivity index (χ3v) is 4.08. The van der Waals surface area contributed by atoms with Gasteiger partial charge in [0.2, 0.25) is 5.91 Å². The summed E-state index contributed by atoms with van der Waals surface area (Å²) in [5.74, 6) is -0.723. The van der Waals surface area contributed by atoms with Gasteiger partial charge >= 0.3 is 0 Å². The number of carbonyl (C=O) groups excluding carboxylic acids is 2. The zero-order chi connectivity index (χ0) is 18.5. The van der Waals surface area contributed by atoms with Gasteiger partial charge in [-0.15, -0.1) is 0 Å². The number of para-hydroxylation sites is 1. The predicted octanol–water partition coefficient (Wildman–Crippen LogP) is 2.84. The van der Waals surface area contributed by atoms with Gasteiger partial charge in [0.05, 0.1) is 6.61 Å². The number of carbonyl (C=O) groups is 2. The van der Waals surface area contributed by atoms with Crippen molar-refractivity contribution in [1.82, 2.24) is 10.2 Å². The number of halogens is 1. The topological polar surface area (TPSA) is 58.6 Å². The Morgan fingerprint density at radius 3 is 2.54 bits per heavy atom. The van der Waals surface area contributed by atoms with Gasteiger partial charge in [0.15, 0.2) is 11.6 Å². The SMILES string of the molecule is C=C1c2ccccc2C(=O)N1CC(=O)NCCCOc1ccccc1F. The Hall–Kier alpha value is -3.15. The molecule has 1 N–H and O–H groups in total. The summed E-state index contributed by atoms with van der Waals surface area (Å²) in [6.45, 7) is 4.47. The highest BCUT2D eigenvalue weighted by Gasteiger charge is 2.31. The summed E-state index contributed by atoms with van der Waals surface area (Å²) >= 11 is 0. The summed E-state index contributed by atoms with van der Waals surface area (Å²) in [6, 6.07) is 13.3. The van der Waals surface area contributed by atoms with Crippen molar-refractivity contribution in [2.75, 3.05) is 19.7 Å². The van der Waals surface area contributed by atoms with E-state index >= 15 is 0 Å². The number of rotatable bonds is 7. The van der Waals surface area contributed by atoms with E-state index in [1.165, 1.54) is 11.0 Å². The molecule has 5 nitrogen and oxygen atoms in total. The smallest absolute Gasteiger partial charge is 0.259 e. The lowest BCUT2D eigenvalue weighted by atomic mass is 10.1. The molecule has 1 heterocycles. The second kappa shape index (κ2) is 7.82.